The van der Waals surface area contributed by atoms with Gasteiger partial charge in [0.15, 0.2) is 11.5 Å². The Labute approximate surface area is 108 Å². The molecule has 3 nitrogen and oxygen atoms in total. The van der Waals surface area contributed by atoms with Gasteiger partial charge in [-0.05, 0) is 24.5 Å². The third kappa shape index (κ3) is 2.53. The molecule has 0 radical (unpaired) electrons. The summed E-state index contributed by atoms with van der Waals surface area (Å²) in [5.74, 6) is 1.30. The minimum atomic E-state index is -4.45. The summed E-state index contributed by atoms with van der Waals surface area (Å²) in [5.41, 5.74) is -0.971. The van der Waals surface area contributed by atoms with Gasteiger partial charge >= 0.3 is 6.18 Å². The molecule has 0 aromatic carbocycles. The molecule has 18 heavy (non-hydrogen) atoms. The lowest BCUT2D eigenvalue weighted by Gasteiger charge is -2.25. The molecule has 1 aromatic heterocycles. The highest BCUT2D eigenvalue weighted by molar-refractivity contribution is 6.18. The fourth-order valence-corrected chi connectivity index (χ4v) is 2.63. The average Bonchev–Trinajstić information content (AvgIpc) is 2.69. The molecule has 1 fully saturated rings. The van der Waals surface area contributed by atoms with Gasteiger partial charge in [0.2, 0.25) is 0 Å². The van der Waals surface area contributed by atoms with Crippen LogP contribution < -0.4 is 4.90 Å². The number of halogens is 4. The summed E-state index contributed by atoms with van der Waals surface area (Å²) in [5, 5.41) is 6.89. The summed E-state index contributed by atoms with van der Waals surface area (Å²) in [6.45, 7) is 2.82. The topological polar surface area (TPSA) is 29.0 Å². The van der Waals surface area contributed by atoms with Gasteiger partial charge in [0, 0.05) is 18.5 Å². The number of alkyl halides is 4. The first-order chi connectivity index (χ1) is 8.43. The van der Waals surface area contributed by atoms with E-state index in [2.05, 4.69) is 17.1 Å². The van der Waals surface area contributed by atoms with E-state index in [4.69, 9.17) is 11.6 Å². The van der Waals surface area contributed by atoms with Crippen molar-refractivity contribution in [3.8, 4) is 0 Å². The summed E-state index contributed by atoms with van der Waals surface area (Å²) in [6.07, 6.45) is -3.49. The third-order valence-corrected chi connectivity index (χ3v) is 3.59. The summed E-state index contributed by atoms with van der Waals surface area (Å²) >= 11 is 5.88. The number of rotatable bonds is 2. The van der Waals surface area contributed by atoms with Crippen LogP contribution in [0, 0.1) is 5.92 Å². The normalized spacial score (nSPS) is 24.6. The predicted octanol–water partition coefficient (Wildman–Crippen LogP) is 2.95. The van der Waals surface area contributed by atoms with Crippen LogP contribution in [0.3, 0.4) is 0 Å². The summed E-state index contributed by atoms with van der Waals surface area (Å²) in [7, 11) is 0. The molecule has 2 heterocycles. The van der Waals surface area contributed by atoms with E-state index in [0.717, 1.165) is 19.0 Å². The number of aromatic nitrogens is 2. The maximum atomic E-state index is 12.4. The molecular formula is C11H13ClF3N3. The summed E-state index contributed by atoms with van der Waals surface area (Å²) < 4.78 is 37.1. The monoisotopic (exact) mass is 279 g/mol. The molecule has 0 spiro atoms. The van der Waals surface area contributed by atoms with Gasteiger partial charge in [0.25, 0.3) is 0 Å². The average molecular weight is 280 g/mol. The van der Waals surface area contributed by atoms with Crippen molar-refractivity contribution in [3.05, 3.63) is 17.8 Å². The van der Waals surface area contributed by atoms with Crippen LogP contribution in [0.15, 0.2) is 12.1 Å². The van der Waals surface area contributed by atoms with Gasteiger partial charge in [-0.3, -0.25) is 0 Å². The van der Waals surface area contributed by atoms with Gasteiger partial charge in [-0.1, -0.05) is 6.92 Å². The fourth-order valence-electron chi connectivity index (χ4n) is 2.16. The number of anilines is 1. The fraction of sp³-hybridized carbons (Fsp3) is 0.636. The van der Waals surface area contributed by atoms with E-state index in [0.29, 0.717) is 17.6 Å². The SMILES string of the molecule is CC1CCN(c2ccc(C(F)(F)F)nn2)C1CCl. The van der Waals surface area contributed by atoms with E-state index in [1.165, 1.54) is 6.07 Å². The molecule has 2 unspecified atom stereocenters. The smallest absolute Gasteiger partial charge is 0.351 e. The third-order valence-electron chi connectivity index (χ3n) is 3.28. The van der Waals surface area contributed by atoms with E-state index >= 15 is 0 Å². The highest BCUT2D eigenvalue weighted by Crippen LogP contribution is 2.31. The molecule has 2 atom stereocenters. The first-order valence-corrected chi connectivity index (χ1v) is 6.20. The maximum Gasteiger partial charge on any atom is 0.435 e. The summed E-state index contributed by atoms with van der Waals surface area (Å²) in [4.78, 5) is 1.92. The summed E-state index contributed by atoms with van der Waals surface area (Å²) in [6, 6.07) is 2.42. The van der Waals surface area contributed by atoms with E-state index in [1.54, 1.807) is 0 Å². The number of hydrogen-bond donors (Lipinski definition) is 0. The van der Waals surface area contributed by atoms with Crippen molar-refractivity contribution < 1.29 is 13.2 Å². The molecule has 0 N–H and O–H groups in total. The second kappa shape index (κ2) is 4.91. The first-order valence-electron chi connectivity index (χ1n) is 5.67. The minimum absolute atomic E-state index is 0.109. The predicted molar refractivity (Wildman–Crippen MR) is 62.7 cm³/mol. The molecule has 1 saturated heterocycles. The molecule has 0 aliphatic carbocycles. The highest BCUT2D eigenvalue weighted by Gasteiger charge is 2.35. The van der Waals surface area contributed by atoms with Crippen LogP contribution in [0.5, 0.6) is 0 Å². The van der Waals surface area contributed by atoms with Gasteiger partial charge in [-0.25, -0.2) is 0 Å². The standard InChI is InChI=1S/C11H13ClF3N3/c1-7-4-5-18(8(7)6-12)10-3-2-9(16-17-10)11(13,14)15/h2-3,7-8H,4-6H2,1H3. The van der Waals surface area contributed by atoms with E-state index < -0.39 is 11.9 Å². The molecule has 0 amide bonds. The van der Waals surface area contributed by atoms with Crippen LogP contribution >= 0.6 is 11.6 Å². The highest BCUT2D eigenvalue weighted by atomic mass is 35.5. The Kier molecular flexibility index (Phi) is 3.66. The molecule has 1 aromatic rings. The Morgan fingerprint density at radius 2 is 2.11 bits per heavy atom. The number of nitrogens with zero attached hydrogens (tertiary/aromatic N) is 3. The number of hydrogen-bond acceptors (Lipinski definition) is 3. The van der Waals surface area contributed by atoms with Gasteiger partial charge in [0.1, 0.15) is 0 Å². The second-order valence-corrected chi connectivity index (χ2v) is 4.76. The maximum absolute atomic E-state index is 12.4. The Bertz CT molecular complexity index is 407. The molecule has 1 aliphatic rings. The molecule has 0 bridgehead atoms. The largest absolute Gasteiger partial charge is 0.435 e. The van der Waals surface area contributed by atoms with Crippen molar-refractivity contribution in [1.82, 2.24) is 10.2 Å². The first kappa shape index (κ1) is 13.4. The molecule has 0 saturated carbocycles. The van der Waals surface area contributed by atoms with Crippen molar-refractivity contribution in [2.45, 2.75) is 25.6 Å². The van der Waals surface area contributed by atoms with Crippen LogP contribution in [0.2, 0.25) is 0 Å². The van der Waals surface area contributed by atoms with Crippen LogP contribution in [0.25, 0.3) is 0 Å². The van der Waals surface area contributed by atoms with Gasteiger partial charge in [-0.15, -0.1) is 21.8 Å². The van der Waals surface area contributed by atoms with E-state index in [1.807, 2.05) is 4.90 Å². The molecule has 2 rings (SSSR count). The zero-order valence-corrected chi connectivity index (χ0v) is 10.5. The van der Waals surface area contributed by atoms with Crippen LogP contribution in [0.4, 0.5) is 19.0 Å². The Morgan fingerprint density at radius 3 is 2.61 bits per heavy atom. The van der Waals surface area contributed by atoms with Crippen LogP contribution in [-0.4, -0.2) is 28.7 Å². The van der Waals surface area contributed by atoms with Gasteiger partial charge in [0.05, 0.1) is 0 Å². The second-order valence-electron chi connectivity index (χ2n) is 4.46. The van der Waals surface area contributed by atoms with Crippen molar-refractivity contribution in [2.75, 3.05) is 17.3 Å². The molecule has 100 valence electrons. The molecular weight excluding hydrogens is 267 g/mol. The van der Waals surface area contributed by atoms with Crippen LogP contribution in [-0.2, 0) is 6.18 Å². The minimum Gasteiger partial charge on any atom is -0.351 e. The molecule has 7 heteroatoms. The van der Waals surface area contributed by atoms with Gasteiger partial charge < -0.3 is 4.90 Å². The Morgan fingerprint density at radius 1 is 1.39 bits per heavy atom. The lowest BCUT2D eigenvalue weighted by Crippen LogP contribution is -2.34. The Balaban J connectivity index is 2.20. The Hall–Kier alpha value is -1.04. The van der Waals surface area contributed by atoms with Crippen molar-refractivity contribution in [1.29, 1.82) is 0 Å². The van der Waals surface area contributed by atoms with Crippen molar-refractivity contribution in [3.63, 3.8) is 0 Å². The van der Waals surface area contributed by atoms with E-state index in [9.17, 15) is 13.2 Å². The lowest BCUT2D eigenvalue weighted by molar-refractivity contribution is -0.141. The van der Waals surface area contributed by atoms with E-state index in [-0.39, 0.29) is 6.04 Å². The zero-order valence-electron chi connectivity index (χ0n) is 9.78. The quantitative estimate of drug-likeness (QED) is 0.780. The molecule has 1 aliphatic heterocycles. The van der Waals surface area contributed by atoms with Crippen molar-refractivity contribution >= 4 is 17.4 Å². The lowest BCUT2D eigenvalue weighted by atomic mass is 10.1. The zero-order chi connectivity index (χ0) is 13.3. The van der Waals surface area contributed by atoms with Crippen molar-refractivity contribution in [2.24, 2.45) is 5.92 Å². The van der Waals surface area contributed by atoms with Gasteiger partial charge in [-0.2, -0.15) is 13.2 Å². The van der Waals surface area contributed by atoms with Crippen LogP contribution in [0.1, 0.15) is 19.0 Å².